The highest BCUT2D eigenvalue weighted by atomic mass is 16.5. The van der Waals surface area contributed by atoms with E-state index in [-0.39, 0.29) is 0 Å². The zero-order valence-corrected chi connectivity index (χ0v) is 12.1. The second-order valence-corrected chi connectivity index (χ2v) is 6.25. The fourth-order valence-electron chi connectivity index (χ4n) is 2.55. The molecule has 4 unspecified atom stereocenters. The minimum absolute atomic E-state index is 0.455. The van der Waals surface area contributed by atoms with E-state index in [1.807, 2.05) is 0 Å². The standard InChI is InChI=1S/C15H28N2O/c1-12-6-7-14(10-13(12)2)18-9-5-4-8-15(3,17)11-16/h12-14H,4-10,17H2,1-3H3. The summed E-state index contributed by atoms with van der Waals surface area (Å²) in [6.45, 7) is 7.27. The molecule has 3 nitrogen and oxygen atoms in total. The SMILES string of the molecule is CC1CCC(OCCCCC(C)(N)C#N)CC1C. The molecule has 1 rings (SSSR count). The molecule has 0 aromatic rings. The maximum absolute atomic E-state index is 8.80. The summed E-state index contributed by atoms with van der Waals surface area (Å²) >= 11 is 0. The first kappa shape index (κ1) is 15.5. The highest BCUT2D eigenvalue weighted by Crippen LogP contribution is 2.30. The van der Waals surface area contributed by atoms with Crippen molar-refractivity contribution in [1.82, 2.24) is 0 Å². The van der Waals surface area contributed by atoms with Gasteiger partial charge in [0.05, 0.1) is 12.2 Å². The van der Waals surface area contributed by atoms with Gasteiger partial charge in [0.1, 0.15) is 5.54 Å². The number of rotatable bonds is 6. The quantitative estimate of drug-likeness (QED) is 0.738. The summed E-state index contributed by atoms with van der Waals surface area (Å²) < 4.78 is 5.93. The molecule has 0 spiro atoms. The van der Waals surface area contributed by atoms with Crippen LogP contribution in [0, 0.1) is 23.2 Å². The van der Waals surface area contributed by atoms with Crippen LogP contribution in [0.4, 0.5) is 0 Å². The zero-order chi connectivity index (χ0) is 13.6. The van der Waals surface area contributed by atoms with Gasteiger partial charge in [0.2, 0.25) is 0 Å². The summed E-state index contributed by atoms with van der Waals surface area (Å²) in [5.74, 6) is 1.63. The van der Waals surface area contributed by atoms with Crippen LogP contribution in [0.2, 0.25) is 0 Å². The predicted molar refractivity (Wildman–Crippen MR) is 74.0 cm³/mol. The van der Waals surface area contributed by atoms with Crippen LogP contribution >= 0.6 is 0 Å². The first-order valence-corrected chi connectivity index (χ1v) is 7.26. The molecule has 0 aromatic heterocycles. The number of nitrogens with zero attached hydrogens (tertiary/aromatic N) is 1. The van der Waals surface area contributed by atoms with Crippen molar-refractivity contribution in [3.63, 3.8) is 0 Å². The molecule has 1 saturated carbocycles. The molecule has 3 heteroatoms. The van der Waals surface area contributed by atoms with E-state index in [1.165, 1.54) is 19.3 Å². The fraction of sp³-hybridized carbons (Fsp3) is 0.933. The van der Waals surface area contributed by atoms with Gasteiger partial charge in [-0.2, -0.15) is 5.26 Å². The molecular formula is C15H28N2O. The molecule has 0 saturated heterocycles. The molecule has 18 heavy (non-hydrogen) atoms. The van der Waals surface area contributed by atoms with Gasteiger partial charge >= 0.3 is 0 Å². The van der Waals surface area contributed by atoms with Crippen LogP contribution < -0.4 is 5.73 Å². The van der Waals surface area contributed by atoms with Crippen LogP contribution in [0.25, 0.3) is 0 Å². The lowest BCUT2D eigenvalue weighted by atomic mass is 9.80. The monoisotopic (exact) mass is 252 g/mol. The second-order valence-electron chi connectivity index (χ2n) is 6.25. The average Bonchev–Trinajstić information content (AvgIpc) is 2.33. The maximum atomic E-state index is 8.80. The third-order valence-corrected chi connectivity index (χ3v) is 4.25. The Bertz CT molecular complexity index is 283. The Balaban J connectivity index is 2.07. The van der Waals surface area contributed by atoms with Gasteiger partial charge in [0.15, 0.2) is 0 Å². The van der Waals surface area contributed by atoms with Gasteiger partial charge in [-0.05, 0) is 57.3 Å². The van der Waals surface area contributed by atoms with Crippen LogP contribution in [0.3, 0.4) is 0 Å². The van der Waals surface area contributed by atoms with E-state index >= 15 is 0 Å². The van der Waals surface area contributed by atoms with Crippen molar-refractivity contribution < 1.29 is 4.74 Å². The predicted octanol–water partition coefficient (Wildman–Crippen LogP) is 3.24. The van der Waals surface area contributed by atoms with Crippen molar-refractivity contribution in [2.75, 3.05) is 6.61 Å². The minimum Gasteiger partial charge on any atom is -0.378 e. The highest BCUT2D eigenvalue weighted by molar-refractivity contribution is 5.00. The largest absolute Gasteiger partial charge is 0.378 e. The lowest BCUT2D eigenvalue weighted by Gasteiger charge is -2.32. The van der Waals surface area contributed by atoms with E-state index in [2.05, 4.69) is 19.9 Å². The Hall–Kier alpha value is -0.590. The van der Waals surface area contributed by atoms with Gasteiger partial charge in [-0.1, -0.05) is 13.8 Å². The smallest absolute Gasteiger partial charge is 0.101 e. The molecule has 0 bridgehead atoms. The van der Waals surface area contributed by atoms with Gasteiger partial charge in [0.25, 0.3) is 0 Å². The Labute approximate surface area is 112 Å². The summed E-state index contributed by atoms with van der Waals surface area (Å²) in [7, 11) is 0. The number of hydrogen-bond acceptors (Lipinski definition) is 3. The van der Waals surface area contributed by atoms with E-state index in [1.54, 1.807) is 6.92 Å². The van der Waals surface area contributed by atoms with Crippen molar-refractivity contribution >= 4 is 0 Å². The van der Waals surface area contributed by atoms with Gasteiger partial charge in [-0.3, -0.25) is 0 Å². The lowest BCUT2D eigenvalue weighted by molar-refractivity contribution is 0.000831. The number of ether oxygens (including phenoxy) is 1. The maximum Gasteiger partial charge on any atom is 0.101 e. The number of unbranched alkanes of at least 4 members (excludes halogenated alkanes) is 1. The Morgan fingerprint density at radius 2 is 2.00 bits per heavy atom. The average molecular weight is 252 g/mol. The molecule has 1 aliphatic carbocycles. The van der Waals surface area contributed by atoms with Gasteiger partial charge in [-0.15, -0.1) is 0 Å². The van der Waals surface area contributed by atoms with Gasteiger partial charge in [-0.25, -0.2) is 0 Å². The third-order valence-electron chi connectivity index (χ3n) is 4.25. The minimum atomic E-state index is -0.672. The van der Waals surface area contributed by atoms with E-state index in [4.69, 9.17) is 15.7 Å². The summed E-state index contributed by atoms with van der Waals surface area (Å²) in [4.78, 5) is 0. The van der Waals surface area contributed by atoms with Gasteiger partial charge < -0.3 is 10.5 Å². The van der Waals surface area contributed by atoms with Crippen molar-refractivity contribution in [3.05, 3.63) is 0 Å². The molecule has 0 aliphatic heterocycles. The Kier molecular flexibility index (Phi) is 6.11. The van der Waals surface area contributed by atoms with E-state index < -0.39 is 5.54 Å². The number of nitriles is 1. The van der Waals surface area contributed by atoms with E-state index in [0.717, 1.165) is 37.7 Å². The summed E-state index contributed by atoms with van der Waals surface area (Å²) in [5, 5.41) is 8.80. The van der Waals surface area contributed by atoms with Crippen molar-refractivity contribution in [3.8, 4) is 6.07 Å². The molecule has 4 atom stereocenters. The first-order valence-electron chi connectivity index (χ1n) is 7.26. The van der Waals surface area contributed by atoms with E-state index in [0.29, 0.717) is 6.10 Å². The molecule has 0 heterocycles. The topological polar surface area (TPSA) is 59.0 Å². The molecule has 1 fully saturated rings. The van der Waals surface area contributed by atoms with Crippen LogP contribution in [-0.4, -0.2) is 18.2 Å². The molecule has 0 amide bonds. The molecule has 104 valence electrons. The van der Waals surface area contributed by atoms with Crippen molar-refractivity contribution in [2.45, 2.75) is 70.9 Å². The van der Waals surface area contributed by atoms with Crippen molar-refractivity contribution in [2.24, 2.45) is 17.6 Å². The Morgan fingerprint density at radius 3 is 2.61 bits per heavy atom. The Morgan fingerprint density at radius 1 is 1.28 bits per heavy atom. The summed E-state index contributed by atoms with van der Waals surface area (Å²) in [6.07, 6.45) is 6.89. The van der Waals surface area contributed by atoms with Crippen molar-refractivity contribution in [1.29, 1.82) is 5.26 Å². The highest BCUT2D eigenvalue weighted by Gasteiger charge is 2.24. The lowest BCUT2D eigenvalue weighted by Crippen LogP contribution is -2.33. The second kappa shape index (κ2) is 7.11. The van der Waals surface area contributed by atoms with Crippen LogP contribution in [0.5, 0.6) is 0 Å². The molecular weight excluding hydrogens is 224 g/mol. The van der Waals surface area contributed by atoms with Gasteiger partial charge in [0, 0.05) is 6.61 Å². The molecule has 2 N–H and O–H groups in total. The zero-order valence-electron chi connectivity index (χ0n) is 12.1. The van der Waals surface area contributed by atoms with E-state index in [9.17, 15) is 0 Å². The first-order chi connectivity index (χ1) is 8.44. The van der Waals surface area contributed by atoms with Crippen LogP contribution in [0.1, 0.15) is 59.3 Å². The fourth-order valence-corrected chi connectivity index (χ4v) is 2.55. The number of nitrogens with two attached hydrogens (primary N) is 1. The van der Waals surface area contributed by atoms with Crippen LogP contribution in [-0.2, 0) is 4.74 Å². The molecule has 0 aromatic carbocycles. The van der Waals surface area contributed by atoms with Crippen LogP contribution in [0.15, 0.2) is 0 Å². The summed E-state index contributed by atoms with van der Waals surface area (Å²) in [6, 6.07) is 2.13. The molecule has 1 aliphatic rings. The third kappa shape index (κ3) is 5.37. The normalized spacial score (nSPS) is 31.6. The molecule has 0 radical (unpaired) electrons. The summed E-state index contributed by atoms with van der Waals surface area (Å²) in [5.41, 5.74) is 5.10. The number of hydrogen-bond donors (Lipinski definition) is 1.